The van der Waals surface area contributed by atoms with Gasteiger partial charge in [0.1, 0.15) is 24.7 Å². The Balaban J connectivity index is 0.899. The van der Waals surface area contributed by atoms with Crippen LogP contribution in [0.25, 0.3) is 0 Å². The molecule has 17 heteroatoms. The van der Waals surface area contributed by atoms with Gasteiger partial charge < -0.3 is 44.4 Å². The minimum absolute atomic E-state index is 0.000971. The van der Waals surface area contributed by atoms with E-state index in [9.17, 15) is 28.8 Å². The number of rotatable bonds is 23. The summed E-state index contributed by atoms with van der Waals surface area (Å²) >= 11 is 0. The molecule has 9 rings (SSSR count). The zero-order valence-corrected chi connectivity index (χ0v) is 49.1. The normalized spacial score (nSPS) is 17.0. The van der Waals surface area contributed by atoms with Crippen LogP contribution in [0, 0.1) is 12.8 Å². The number of carbonyl (C=O) groups excluding carboxylic acids is 6. The molecule has 0 bridgehead atoms. The molecule has 2 N–H and O–H groups in total. The van der Waals surface area contributed by atoms with E-state index in [4.69, 9.17) is 14.2 Å². The van der Waals surface area contributed by atoms with Crippen molar-refractivity contribution in [3.8, 4) is 17.2 Å². The average Bonchev–Trinajstić information content (AvgIpc) is 4.14. The Hall–Kier alpha value is -6.98. The van der Waals surface area contributed by atoms with Crippen molar-refractivity contribution in [2.75, 3.05) is 65.0 Å². The van der Waals surface area contributed by atoms with Gasteiger partial charge in [-0.2, -0.15) is 0 Å². The summed E-state index contributed by atoms with van der Waals surface area (Å²) in [5.74, 6) is 0.826. The van der Waals surface area contributed by atoms with Gasteiger partial charge >= 0.3 is 0 Å². The number of Topliss-reactive ketones (excluding diaryl/α,β-unsaturated/α-hetero) is 2. The summed E-state index contributed by atoms with van der Waals surface area (Å²) in [6, 6.07) is 28.3. The van der Waals surface area contributed by atoms with E-state index in [-0.39, 0.29) is 78.1 Å². The molecule has 4 aliphatic rings. The predicted octanol–water partition coefficient (Wildman–Crippen LogP) is 10.9. The first-order valence-corrected chi connectivity index (χ1v) is 30.1. The molecule has 80 heavy (non-hydrogen) atoms. The molecule has 0 spiro atoms. The Labute approximate surface area is 478 Å². The molecular formula is C63H74N6O9S2. The fraction of sp³-hybridized carbons (Fsp3) is 0.429. The Bertz CT molecular complexity index is 3200. The second kappa shape index (κ2) is 24.8. The second-order valence-electron chi connectivity index (χ2n) is 22.4. The largest absolute Gasteiger partial charge is 0.493 e. The number of methoxy groups -OCH3 is 1. The molecule has 0 saturated carbocycles. The van der Waals surface area contributed by atoms with Crippen molar-refractivity contribution in [2.24, 2.45) is 5.92 Å². The highest BCUT2D eigenvalue weighted by atomic mass is 33.1. The maximum atomic E-state index is 14.3. The van der Waals surface area contributed by atoms with E-state index < -0.39 is 12.0 Å². The highest BCUT2D eigenvalue weighted by molar-refractivity contribution is 8.77. The highest BCUT2D eigenvalue weighted by Gasteiger charge is 2.41. The van der Waals surface area contributed by atoms with Crippen molar-refractivity contribution >= 4 is 85.2 Å². The van der Waals surface area contributed by atoms with Crippen LogP contribution in [0.5, 0.6) is 17.2 Å². The lowest BCUT2D eigenvalue weighted by Crippen LogP contribution is -2.41. The highest BCUT2D eigenvalue weighted by Crippen LogP contribution is 2.44. The molecule has 0 unspecified atom stereocenters. The van der Waals surface area contributed by atoms with Crippen molar-refractivity contribution in [1.82, 2.24) is 5.32 Å². The molecule has 0 aromatic heterocycles. The zero-order chi connectivity index (χ0) is 57.0. The summed E-state index contributed by atoms with van der Waals surface area (Å²) < 4.78 is 18.9. The van der Waals surface area contributed by atoms with Crippen molar-refractivity contribution in [2.45, 2.75) is 129 Å². The number of anilines is 5. The van der Waals surface area contributed by atoms with Gasteiger partial charge in [-0.1, -0.05) is 71.8 Å². The molecule has 0 radical (unpaired) electrons. The number of likely N-dealkylation sites (N-methyl/N-ethyl adjacent to an activating group) is 2. The number of hydrogen-bond acceptors (Lipinski definition) is 13. The van der Waals surface area contributed by atoms with E-state index >= 15 is 0 Å². The van der Waals surface area contributed by atoms with Gasteiger partial charge in [-0.3, -0.25) is 28.8 Å². The van der Waals surface area contributed by atoms with Crippen LogP contribution in [0.15, 0.2) is 91.0 Å². The molecule has 0 fully saturated rings. The molecule has 5 aromatic rings. The van der Waals surface area contributed by atoms with Crippen molar-refractivity contribution in [3.05, 3.63) is 130 Å². The monoisotopic (exact) mass is 1120 g/mol. The van der Waals surface area contributed by atoms with E-state index in [1.807, 2.05) is 111 Å². The fourth-order valence-electron chi connectivity index (χ4n) is 11.2. The fourth-order valence-corrected chi connectivity index (χ4v) is 13.9. The summed E-state index contributed by atoms with van der Waals surface area (Å²) in [5.41, 5.74) is 9.50. The molecule has 4 atom stereocenters. The third kappa shape index (κ3) is 12.9. The standard InChI is InChI=1S/C63H74N6O9S2/c1-10-48(70)18-15-23-79-80-63(5,6)22-21-59(72)64-40(4)55(71)25-39(3)60(73)65-45-27-41(36-77-56-32-53-49(24-38(56)2)61(74)68-46(34-66(53)7)29-43-16-11-13-19-51(43)68)26-42(28-45)37-78-58-33-54-50(31-57(58)76-9)62(75)69-47(35-67(54)8)30-44-17-12-14-20-52(44)69/h11-14,16-17,19-20,24,26-28,31-33,39-40,46-47H,10,15,18,21-23,25,29-30,34-37H2,1-9H3,(H,64,72)(H,65,73)/t39-,40+,46+,47+/m1/s1. The molecule has 0 saturated heterocycles. The van der Waals surface area contributed by atoms with Gasteiger partial charge in [0.25, 0.3) is 11.8 Å². The quantitative estimate of drug-likeness (QED) is 0.0469. The number of ether oxygens (including phenoxy) is 3. The Kier molecular flexibility index (Phi) is 17.9. The number of nitrogens with one attached hydrogen (secondary N) is 2. The molecule has 0 aliphatic carbocycles. The number of carbonyl (C=O) groups is 6. The van der Waals surface area contributed by atoms with Crippen LogP contribution in [0.4, 0.5) is 28.4 Å². The Morgan fingerprint density at radius 3 is 1.88 bits per heavy atom. The van der Waals surface area contributed by atoms with Crippen molar-refractivity contribution in [1.29, 1.82) is 0 Å². The van der Waals surface area contributed by atoms with Crippen LogP contribution in [-0.2, 0) is 45.2 Å². The first-order chi connectivity index (χ1) is 38.3. The minimum Gasteiger partial charge on any atom is -0.493 e. The van der Waals surface area contributed by atoms with Gasteiger partial charge in [-0.25, -0.2) is 0 Å². The zero-order valence-electron chi connectivity index (χ0n) is 47.4. The number of fused-ring (bicyclic) bond motifs is 8. The lowest BCUT2D eigenvalue weighted by molar-refractivity contribution is -0.129. The molecule has 4 amide bonds. The van der Waals surface area contributed by atoms with Gasteiger partial charge in [-0.15, -0.1) is 0 Å². The summed E-state index contributed by atoms with van der Waals surface area (Å²) in [6.45, 7) is 12.7. The number of hydrogen-bond donors (Lipinski definition) is 2. The van der Waals surface area contributed by atoms with Crippen molar-refractivity contribution in [3.63, 3.8) is 0 Å². The van der Waals surface area contributed by atoms with Gasteiger partial charge in [-0.05, 0) is 124 Å². The van der Waals surface area contributed by atoms with Gasteiger partial charge in [0, 0.05) is 98.5 Å². The first-order valence-electron chi connectivity index (χ1n) is 27.8. The lowest BCUT2D eigenvalue weighted by Gasteiger charge is -2.25. The third-order valence-electron chi connectivity index (χ3n) is 15.6. The molecule has 4 aliphatic heterocycles. The van der Waals surface area contributed by atoms with Gasteiger partial charge in [0.15, 0.2) is 17.3 Å². The van der Waals surface area contributed by atoms with Crippen LogP contribution in [0.1, 0.15) is 122 Å². The van der Waals surface area contributed by atoms with Crippen LogP contribution in [-0.4, -0.2) is 98.1 Å². The van der Waals surface area contributed by atoms with Gasteiger partial charge in [0.05, 0.1) is 47.7 Å². The SMILES string of the molecule is CCC(=O)CCCSSC(C)(C)CCC(=O)N[C@@H](C)C(=O)C[C@@H](C)C(=O)Nc1cc(COc2cc3c(cc2C)C(=O)N2c4ccccc4C[C@H]2CN3C)cc(COc2cc3c(cc2OC)C(=O)N2c4ccccc4C[C@H]2CN3C)c1. The number of benzene rings is 5. The second-order valence-corrected chi connectivity index (χ2v) is 25.5. The number of ketones is 2. The maximum absolute atomic E-state index is 14.3. The first kappa shape index (κ1) is 57.7. The lowest BCUT2D eigenvalue weighted by atomic mass is 9.99. The van der Waals surface area contributed by atoms with Crippen LogP contribution >= 0.6 is 21.6 Å². The van der Waals surface area contributed by atoms with Crippen LogP contribution < -0.4 is 44.4 Å². The molecule has 5 aromatic carbocycles. The number of para-hydroxylation sites is 2. The van der Waals surface area contributed by atoms with E-state index in [0.29, 0.717) is 72.0 Å². The van der Waals surface area contributed by atoms with Crippen molar-refractivity contribution < 1.29 is 43.0 Å². The number of nitrogens with zero attached hydrogens (tertiary/aromatic N) is 4. The maximum Gasteiger partial charge on any atom is 0.260 e. The van der Waals surface area contributed by atoms with E-state index in [1.54, 1.807) is 48.6 Å². The van der Waals surface area contributed by atoms with E-state index in [0.717, 1.165) is 64.5 Å². The smallest absolute Gasteiger partial charge is 0.260 e. The Morgan fingerprint density at radius 1 is 0.725 bits per heavy atom. The molecule has 15 nitrogen and oxygen atoms in total. The van der Waals surface area contributed by atoms with E-state index in [1.165, 1.54) is 5.56 Å². The topological polar surface area (TPSA) is 167 Å². The summed E-state index contributed by atoms with van der Waals surface area (Å²) in [5, 5.41) is 5.89. The predicted molar refractivity (Wildman–Crippen MR) is 320 cm³/mol. The third-order valence-corrected chi connectivity index (χ3v) is 19.1. The van der Waals surface area contributed by atoms with Gasteiger partial charge in [0.2, 0.25) is 11.8 Å². The van der Waals surface area contributed by atoms with Crippen LogP contribution in [0.2, 0.25) is 0 Å². The minimum atomic E-state index is -0.789. The number of amides is 4. The number of aryl methyl sites for hydroxylation is 1. The Morgan fingerprint density at radius 2 is 1.29 bits per heavy atom. The molecule has 4 heterocycles. The molecular weight excluding hydrogens is 1050 g/mol. The summed E-state index contributed by atoms with van der Waals surface area (Å²) in [7, 11) is 8.95. The van der Waals surface area contributed by atoms with E-state index in [2.05, 4.69) is 46.4 Å². The van der Waals surface area contributed by atoms with Crippen LogP contribution in [0.3, 0.4) is 0 Å². The average molecular weight is 1120 g/mol. The summed E-state index contributed by atoms with van der Waals surface area (Å²) in [4.78, 5) is 88.9. The summed E-state index contributed by atoms with van der Waals surface area (Å²) in [6.07, 6.45) is 4.28. The molecule has 422 valence electrons.